The van der Waals surface area contributed by atoms with Gasteiger partial charge >= 0.3 is 0 Å². The van der Waals surface area contributed by atoms with E-state index in [4.69, 9.17) is 18.9 Å². The number of Topliss-reactive ketones (excluding diaryl/α,β-unsaturated/α-hetero) is 2. The van der Waals surface area contributed by atoms with E-state index in [1.54, 1.807) is 13.2 Å². The molecule has 3 aliphatic heterocycles. The van der Waals surface area contributed by atoms with Crippen molar-refractivity contribution in [3.05, 3.63) is 40.5 Å². The lowest BCUT2D eigenvalue weighted by Gasteiger charge is -2.56. The second-order valence-electron chi connectivity index (χ2n) is 12.2. The number of ketones is 2. The Morgan fingerprint density at radius 3 is 2.57 bits per heavy atom. The first-order valence-corrected chi connectivity index (χ1v) is 12.6. The lowest BCUT2D eigenvalue weighted by Crippen LogP contribution is -2.72. The summed E-state index contributed by atoms with van der Waals surface area (Å²) in [6.07, 6.45) is 4.75. The van der Waals surface area contributed by atoms with Crippen molar-refractivity contribution in [2.45, 2.75) is 89.6 Å². The van der Waals surface area contributed by atoms with Gasteiger partial charge in [-0.3, -0.25) is 9.59 Å². The highest BCUT2D eigenvalue weighted by Gasteiger charge is 2.81. The average molecular weight is 479 g/mol. The van der Waals surface area contributed by atoms with E-state index in [2.05, 4.69) is 13.8 Å². The van der Waals surface area contributed by atoms with Gasteiger partial charge in [-0.2, -0.15) is 0 Å². The zero-order valence-corrected chi connectivity index (χ0v) is 21.8. The number of fused-ring (bicyclic) bond motifs is 3. The molecule has 6 aliphatic rings. The number of hydrogen-bond donors (Lipinski definition) is 0. The maximum atomic E-state index is 14.4. The average Bonchev–Trinajstić information content (AvgIpc) is 3.10. The smallest absolute Gasteiger partial charge is 0.200 e. The molecular weight excluding hydrogens is 444 g/mol. The highest BCUT2D eigenvalue weighted by Crippen LogP contribution is 2.69. The first-order valence-electron chi connectivity index (χ1n) is 12.6. The molecule has 0 N–H and O–H groups in total. The minimum absolute atomic E-state index is 0.0141. The van der Waals surface area contributed by atoms with Gasteiger partial charge in [0, 0.05) is 40.9 Å². The quantitative estimate of drug-likeness (QED) is 0.562. The van der Waals surface area contributed by atoms with Gasteiger partial charge in [0.1, 0.15) is 28.9 Å². The Labute approximate surface area is 206 Å². The third-order valence-electron chi connectivity index (χ3n) is 9.29. The standard InChI is InChI=1S/C29H34O6/c1-14(2)9-10-28-25(31)16-11-17-23(30)21-18(32-8)13-19-22(26(4,5)15(3)33-19)24(21)34-29(17,28)20(12-16)27(6,7)35-28/h9,11,13,15-16,20H,10,12H2,1-8H3. The maximum Gasteiger partial charge on any atom is 0.200 e. The molecule has 35 heavy (non-hydrogen) atoms. The van der Waals surface area contributed by atoms with Crippen LogP contribution in [0.3, 0.4) is 0 Å². The van der Waals surface area contributed by atoms with E-state index < -0.39 is 22.2 Å². The second-order valence-corrected chi connectivity index (χ2v) is 12.2. The van der Waals surface area contributed by atoms with Crippen molar-refractivity contribution in [1.29, 1.82) is 0 Å². The maximum absolute atomic E-state index is 14.4. The van der Waals surface area contributed by atoms with Gasteiger partial charge in [-0.15, -0.1) is 0 Å². The molecule has 1 saturated carbocycles. The van der Waals surface area contributed by atoms with Crippen LogP contribution in [0.1, 0.15) is 77.2 Å². The fraction of sp³-hybridized carbons (Fsp3) is 0.586. The monoisotopic (exact) mass is 478 g/mol. The fourth-order valence-corrected chi connectivity index (χ4v) is 7.31. The van der Waals surface area contributed by atoms with Crippen LogP contribution >= 0.6 is 0 Å². The summed E-state index contributed by atoms with van der Waals surface area (Å²) in [6, 6.07) is 1.81. The number of methoxy groups -OCH3 is 1. The Bertz CT molecular complexity index is 1260. The van der Waals surface area contributed by atoms with Crippen LogP contribution in [0.5, 0.6) is 17.2 Å². The van der Waals surface area contributed by atoms with E-state index in [0.29, 0.717) is 41.2 Å². The summed E-state index contributed by atoms with van der Waals surface area (Å²) in [5.41, 5.74) is -0.582. The van der Waals surface area contributed by atoms with Crippen molar-refractivity contribution >= 4 is 11.6 Å². The lowest BCUT2D eigenvalue weighted by molar-refractivity contribution is -0.171. The van der Waals surface area contributed by atoms with E-state index >= 15 is 0 Å². The minimum Gasteiger partial charge on any atom is -0.496 e. The summed E-state index contributed by atoms with van der Waals surface area (Å²) in [6.45, 7) is 14.3. The summed E-state index contributed by atoms with van der Waals surface area (Å²) in [4.78, 5) is 28.4. The number of ether oxygens (including phenoxy) is 4. The van der Waals surface area contributed by atoms with Crippen molar-refractivity contribution in [2.24, 2.45) is 11.8 Å². The van der Waals surface area contributed by atoms with Crippen molar-refractivity contribution < 1.29 is 28.5 Å². The molecule has 1 aromatic carbocycles. The van der Waals surface area contributed by atoms with E-state index in [0.717, 1.165) is 11.1 Å². The van der Waals surface area contributed by atoms with Gasteiger partial charge < -0.3 is 18.9 Å². The number of rotatable bonds is 3. The first-order chi connectivity index (χ1) is 16.3. The van der Waals surface area contributed by atoms with E-state index in [-0.39, 0.29) is 29.5 Å². The Morgan fingerprint density at radius 1 is 1.20 bits per heavy atom. The zero-order valence-electron chi connectivity index (χ0n) is 21.8. The third kappa shape index (κ3) is 2.44. The summed E-state index contributed by atoms with van der Waals surface area (Å²) < 4.78 is 25.8. The number of hydrogen-bond acceptors (Lipinski definition) is 6. The third-order valence-corrected chi connectivity index (χ3v) is 9.29. The zero-order chi connectivity index (χ0) is 25.3. The molecule has 6 nitrogen and oxygen atoms in total. The molecule has 5 unspecified atom stereocenters. The highest BCUT2D eigenvalue weighted by molar-refractivity contribution is 6.18. The molecule has 0 amide bonds. The number of carbonyl (C=O) groups excluding carboxylic acids is 2. The van der Waals surface area contributed by atoms with E-state index in [9.17, 15) is 9.59 Å². The van der Waals surface area contributed by atoms with Crippen LogP contribution in [-0.2, 0) is 14.9 Å². The topological polar surface area (TPSA) is 71.1 Å². The Kier molecular flexibility index (Phi) is 4.29. The lowest BCUT2D eigenvalue weighted by atomic mass is 9.51. The SMILES string of the molecule is COc1cc2c(c3c1C(=O)C1=CC4CC5C(C)(C)OC(CC=C(C)C)(C4=O)C15O3)C(C)(C)C(C)O2. The molecule has 0 radical (unpaired) electrons. The van der Waals surface area contributed by atoms with Crippen molar-refractivity contribution in [1.82, 2.24) is 0 Å². The molecule has 2 fully saturated rings. The number of allylic oxidation sites excluding steroid dienone is 2. The largest absolute Gasteiger partial charge is 0.496 e. The molecule has 0 aromatic heterocycles. The highest BCUT2D eigenvalue weighted by atomic mass is 16.6. The van der Waals surface area contributed by atoms with Gasteiger partial charge in [0.2, 0.25) is 0 Å². The van der Waals surface area contributed by atoms with Crippen molar-refractivity contribution in [3.8, 4) is 17.2 Å². The minimum atomic E-state index is -1.26. The van der Waals surface area contributed by atoms with Crippen molar-refractivity contribution in [3.63, 3.8) is 0 Å². The normalized spacial score (nSPS) is 36.5. The van der Waals surface area contributed by atoms with Crippen LogP contribution in [-0.4, -0.2) is 41.6 Å². The molecule has 3 aliphatic carbocycles. The van der Waals surface area contributed by atoms with Crippen molar-refractivity contribution in [2.75, 3.05) is 7.11 Å². The summed E-state index contributed by atoms with van der Waals surface area (Å²) in [5.74, 6) is 0.950. The molecule has 5 atom stereocenters. The summed E-state index contributed by atoms with van der Waals surface area (Å²) in [5, 5.41) is 0. The van der Waals surface area contributed by atoms with Crippen LogP contribution in [0.15, 0.2) is 29.4 Å². The second kappa shape index (κ2) is 6.58. The number of carbonyl (C=O) groups is 2. The van der Waals surface area contributed by atoms with Crippen LogP contribution in [0.2, 0.25) is 0 Å². The predicted octanol–water partition coefficient (Wildman–Crippen LogP) is 5.12. The molecular formula is C29H34O6. The molecule has 186 valence electrons. The molecule has 4 bridgehead atoms. The van der Waals surface area contributed by atoms with Gasteiger partial charge in [0.05, 0.1) is 12.7 Å². The predicted molar refractivity (Wildman–Crippen MR) is 130 cm³/mol. The Morgan fingerprint density at radius 2 is 1.91 bits per heavy atom. The Balaban J connectivity index is 1.69. The molecule has 6 heteroatoms. The molecule has 3 heterocycles. The van der Waals surface area contributed by atoms with Crippen LogP contribution in [0.25, 0.3) is 0 Å². The van der Waals surface area contributed by atoms with Gasteiger partial charge in [-0.1, -0.05) is 31.6 Å². The van der Waals surface area contributed by atoms with Gasteiger partial charge in [0.15, 0.2) is 22.8 Å². The first kappa shape index (κ1) is 22.8. The summed E-state index contributed by atoms with van der Waals surface area (Å²) in [7, 11) is 1.56. The molecule has 1 spiro atoms. The van der Waals surface area contributed by atoms with Crippen LogP contribution in [0, 0.1) is 11.8 Å². The molecule has 1 saturated heterocycles. The fourth-order valence-electron chi connectivity index (χ4n) is 7.31. The summed E-state index contributed by atoms with van der Waals surface area (Å²) >= 11 is 0. The molecule has 7 rings (SSSR count). The molecule has 1 aromatic rings. The van der Waals surface area contributed by atoms with Gasteiger partial charge in [-0.25, -0.2) is 0 Å². The van der Waals surface area contributed by atoms with E-state index in [1.165, 1.54) is 0 Å². The van der Waals surface area contributed by atoms with Gasteiger partial charge in [-0.05, 0) is 41.0 Å². The van der Waals surface area contributed by atoms with Crippen LogP contribution in [0.4, 0.5) is 0 Å². The Hall–Kier alpha value is -2.60. The van der Waals surface area contributed by atoms with E-state index in [1.807, 2.05) is 46.8 Å². The van der Waals surface area contributed by atoms with Crippen LogP contribution < -0.4 is 14.2 Å². The van der Waals surface area contributed by atoms with Gasteiger partial charge in [0.25, 0.3) is 0 Å². The number of benzene rings is 1.